The van der Waals surface area contributed by atoms with Crippen molar-refractivity contribution in [1.29, 1.82) is 5.26 Å². The van der Waals surface area contributed by atoms with Crippen LogP contribution in [0.5, 0.6) is 11.6 Å². The van der Waals surface area contributed by atoms with E-state index in [1.54, 1.807) is 41.5 Å². The van der Waals surface area contributed by atoms with Crippen molar-refractivity contribution < 1.29 is 18.3 Å². The molecule has 4 heterocycles. The van der Waals surface area contributed by atoms with Crippen molar-refractivity contribution in [3.8, 4) is 28.8 Å². The Morgan fingerprint density at radius 1 is 1.24 bits per heavy atom. The summed E-state index contributed by atoms with van der Waals surface area (Å²) >= 11 is 0. The lowest BCUT2D eigenvalue weighted by atomic mass is 9.97. The predicted molar refractivity (Wildman–Crippen MR) is 116 cm³/mol. The average molecular weight is 453 g/mol. The zero-order chi connectivity index (χ0) is 23.6. The first-order valence-electron chi connectivity index (χ1n) is 9.97. The SMILES string of the molecule is Cn1cc(Nc2cc3cc(-c4cc(OC(F)F)ncc4OCC(C)(C)C#N)ccn3n2)cn1. The molecule has 4 rings (SSSR count). The predicted octanol–water partition coefficient (Wildman–Crippen LogP) is 4.40. The highest BCUT2D eigenvalue weighted by atomic mass is 19.3. The fourth-order valence-electron chi connectivity index (χ4n) is 3.07. The van der Waals surface area contributed by atoms with E-state index in [-0.39, 0.29) is 12.5 Å². The van der Waals surface area contributed by atoms with E-state index in [4.69, 9.17) is 4.74 Å². The van der Waals surface area contributed by atoms with Crippen LogP contribution in [0.2, 0.25) is 0 Å². The average Bonchev–Trinajstić information content (AvgIpc) is 3.37. The molecule has 0 saturated heterocycles. The first kappa shape index (κ1) is 22.0. The summed E-state index contributed by atoms with van der Waals surface area (Å²) in [6.45, 7) is 0.571. The Morgan fingerprint density at radius 2 is 2.06 bits per heavy atom. The summed E-state index contributed by atoms with van der Waals surface area (Å²) in [6.07, 6.45) is 6.57. The van der Waals surface area contributed by atoms with Crippen molar-refractivity contribution in [2.24, 2.45) is 12.5 Å². The number of aryl methyl sites for hydroxylation is 1. The van der Waals surface area contributed by atoms with Crippen LogP contribution in [-0.2, 0) is 7.05 Å². The van der Waals surface area contributed by atoms with Gasteiger partial charge in [0.25, 0.3) is 0 Å². The van der Waals surface area contributed by atoms with E-state index in [0.717, 1.165) is 11.2 Å². The lowest BCUT2D eigenvalue weighted by Gasteiger charge is -2.18. The molecule has 0 atom stereocenters. The number of rotatable bonds is 8. The van der Waals surface area contributed by atoms with Crippen LogP contribution >= 0.6 is 0 Å². The Labute approximate surface area is 188 Å². The molecule has 0 saturated carbocycles. The van der Waals surface area contributed by atoms with Crippen LogP contribution in [0.3, 0.4) is 0 Å². The van der Waals surface area contributed by atoms with Gasteiger partial charge in [-0.1, -0.05) is 0 Å². The van der Waals surface area contributed by atoms with Crippen LogP contribution in [0.15, 0.2) is 49.1 Å². The minimum Gasteiger partial charge on any atom is -0.490 e. The zero-order valence-electron chi connectivity index (χ0n) is 18.2. The smallest absolute Gasteiger partial charge is 0.388 e. The number of aromatic nitrogens is 5. The summed E-state index contributed by atoms with van der Waals surface area (Å²) in [5.74, 6) is 0.723. The maximum Gasteiger partial charge on any atom is 0.388 e. The molecule has 4 aromatic heterocycles. The molecule has 0 fully saturated rings. The molecule has 0 aliphatic carbocycles. The van der Waals surface area contributed by atoms with Crippen molar-refractivity contribution in [2.45, 2.75) is 20.5 Å². The van der Waals surface area contributed by atoms with Crippen LogP contribution in [0, 0.1) is 16.7 Å². The lowest BCUT2D eigenvalue weighted by Crippen LogP contribution is -2.19. The normalized spacial score (nSPS) is 11.5. The summed E-state index contributed by atoms with van der Waals surface area (Å²) in [5.41, 5.74) is 1.99. The Balaban J connectivity index is 1.68. The third-order valence-corrected chi connectivity index (χ3v) is 4.69. The molecular weight excluding hydrogens is 432 g/mol. The van der Waals surface area contributed by atoms with Gasteiger partial charge in [-0.3, -0.25) is 4.68 Å². The second-order valence-corrected chi connectivity index (χ2v) is 8.02. The molecule has 0 radical (unpaired) electrons. The van der Waals surface area contributed by atoms with Crippen molar-refractivity contribution in [1.82, 2.24) is 24.4 Å². The van der Waals surface area contributed by atoms with E-state index < -0.39 is 12.0 Å². The first-order chi connectivity index (χ1) is 15.7. The standard InChI is InChI=1S/C22H21F2N7O2/c1-22(2,12-25)13-32-18-10-26-20(33-21(23)24)8-17(18)14-4-5-31-16(6-14)7-19(29-31)28-15-9-27-30(3)11-15/h4-11,21H,13H2,1-3H3,(H,28,29). The van der Waals surface area contributed by atoms with E-state index in [2.05, 4.69) is 31.3 Å². The summed E-state index contributed by atoms with van der Waals surface area (Å²) in [6, 6.07) is 9.00. The van der Waals surface area contributed by atoms with Crippen LogP contribution < -0.4 is 14.8 Å². The number of fused-ring (bicyclic) bond motifs is 1. The molecule has 170 valence electrons. The Kier molecular flexibility index (Phi) is 5.83. The fourth-order valence-corrected chi connectivity index (χ4v) is 3.07. The topological polar surface area (TPSA) is 102 Å². The van der Waals surface area contributed by atoms with Gasteiger partial charge < -0.3 is 14.8 Å². The summed E-state index contributed by atoms with van der Waals surface area (Å²) in [4.78, 5) is 3.90. The molecule has 0 unspecified atom stereocenters. The summed E-state index contributed by atoms with van der Waals surface area (Å²) in [7, 11) is 1.82. The van der Waals surface area contributed by atoms with E-state index in [1.165, 1.54) is 12.3 Å². The lowest BCUT2D eigenvalue weighted by molar-refractivity contribution is -0.0528. The second-order valence-electron chi connectivity index (χ2n) is 8.02. The highest BCUT2D eigenvalue weighted by molar-refractivity contribution is 5.75. The van der Waals surface area contributed by atoms with Crippen molar-refractivity contribution in [3.63, 3.8) is 0 Å². The highest BCUT2D eigenvalue weighted by Crippen LogP contribution is 2.34. The Bertz CT molecular complexity index is 1320. The largest absolute Gasteiger partial charge is 0.490 e. The molecule has 0 amide bonds. The van der Waals surface area contributed by atoms with Crippen molar-refractivity contribution in [3.05, 3.63) is 49.1 Å². The van der Waals surface area contributed by atoms with Gasteiger partial charge in [0.15, 0.2) is 5.82 Å². The van der Waals surface area contributed by atoms with E-state index in [9.17, 15) is 14.0 Å². The molecule has 33 heavy (non-hydrogen) atoms. The molecule has 11 heteroatoms. The Hall–Kier alpha value is -4.20. The fraction of sp³-hybridized carbons (Fsp3) is 0.273. The third kappa shape index (κ3) is 5.17. The van der Waals surface area contributed by atoms with Crippen LogP contribution in [0.1, 0.15) is 13.8 Å². The Morgan fingerprint density at radius 3 is 2.76 bits per heavy atom. The van der Waals surface area contributed by atoms with Gasteiger partial charge in [-0.25, -0.2) is 9.50 Å². The number of ether oxygens (including phenoxy) is 2. The van der Waals surface area contributed by atoms with E-state index in [0.29, 0.717) is 22.7 Å². The minimum absolute atomic E-state index is 0.0985. The molecule has 0 aliphatic heterocycles. The maximum absolute atomic E-state index is 12.7. The van der Waals surface area contributed by atoms with Gasteiger partial charge in [-0.05, 0) is 31.5 Å². The van der Waals surface area contributed by atoms with Gasteiger partial charge in [-0.2, -0.15) is 24.2 Å². The molecule has 4 aromatic rings. The van der Waals surface area contributed by atoms with Gasteiger partial charge in [-0.15, -0.1) is 0 Å². The molecular formula is C22H21F2N7O2. The number of pyridine rings is 2. The van der Waals surface area contributed by atoms with Crippen LogP contribution in [-0.4, -0.2) is 37.6 Å². The van der Waals surface area contributed by atoms with Gasteiger partial charge in [0, 0.05) is 37.1 Å². The van der Waals surface area contributed by atoms with Gasteiger partial charge in [0.2, 0.25) is 5.88 Å². The second kappa shape index (κ2) is 8.74. The monoisotopic (exact) mass is 453 g/mol. The zero-order valence-corrected chi connectivity index (χ0v) is 18.2. The third-order valence-electron chi connectivity index (χ3n) is 4.69. The summed E-state index contributed by atoms with van der Waals surface area (Å²) < 4.78 is 39.1. The number of hydrogen-bond donors (Lipinski definition) is 1. The molecule has 9 nitrogen and oxygen atoms in total. The highest BCUT2D eigenvalue weighted by Gasteiger charge is 2.20. The van der Waals surface area contributed by atoms with E-state index in [1.807, 2.05) is 25.4 Å². The maximum atomic E-state index is 12.7. The van der Waals surface area contributed by atoms with Crippen molar-refractivity contribution >= 4 is 17.0 Å². The number of anilines is 2. The quantitative estimate of drug-likeness (QED) is 0.422. The van der Waals surface area contributed by atoms with Gasteiger partial charge in [0.05, 0.1) is 35.1 Å². The number of nitrogens with one attached hydrogen (secondary N) is 1. The van der Waals surface area contributed by atoms with Crippen molar-refractivity contribution in [2.75, 3.05) is 11.9 Å². The van der Waals surface area contributed by atoms with Crippen LogP contribution in [0.25, 0.3) is 16.6 Å². The number of nitriles is 1. The molecule has 0 aliphatic rings. The van der Waals surface area contributed by atoms with Gasteiger partial charge in [0.1, 0.15) is 12.4 Å². The van der Waals surface area contributed by atoms with Crippen LogP contribution in [0.4, 0.5) is 20.3 Å². The number of alkyl halides is 2. The first-order valence-corrected chi connectivity index (χ1v) is 9.97. The molecule has 0 aromatic carbocycles. The minimum atomic E-state index is -3.01. The molecule has 0 bridgehead atoms. The molecule has 1 N–H and O–H groups in total. The molecule has 0 spiro atoms. The number of nitrogens with zero attached hydrogens (tertiary/aromatic N) is 6. The summed E-state index contributed by atoms with van der Waals surface area (Å²) in [5, 5.41) is 21.0. The van der Waals surface area contributed by atoms with E-state index >= 15 is 0 Å². The van der Waals surface area contributed by atoms with Gasteiger partial charge >= 0.3 is 6.61 Å². The number of hydrogen-bond acceptors (Lipinski definition) is 7. The number of halogens is 2.